The first-order valence-corrected chi connectivity index (χ1v) is 5.55. The number of nitrogens with zero attached hydrogens (tertiary/aromatic N) is 1. The van der Waals surface area contributed by atoms with Crippen molar-refractivity contribution in [1.82, 2.24) is 4.98 Å². The lowest BCUT2D eigenvalue weighted by Crippen LogP contribution is -2.04. The van der Waals surface area contributed by atoms with Crippen molar-refractivity contribution in [2.24, 2.45) is 0 Å². The van der Waals surface area contributed by atoms with E-state index in [4.69, 9.17) is 0 Å². The van der Waals surface area contributed by atoms with Crippen molar-refractivity contribution in [2.75, 3.05) is 11.9 Å². The molecule has 2 aromatic rings. The Morgan fingerprint density at radius 3 is 2.79 bits per heavy atom. The number of hydrogen-bond donors (Lipinski definition) is 1. The van der Waals surface area contributed by atoms with E-state index in [1.165, 1.54) is 11.4 Å². The van der Waals surface area contributed by atoms with E-state index >= 15 is 0 Å². The minimum absolute atomic E-state index is 0.938. The fourth-order valence-corrected chi connectivity index (χ4v) is 1.84. The van der Waals surface area contributed by atoms with Crippen molar-refractivity contribution in [3.8, 4) is 0 Å². The van der Waals surface area contributed by atoms with Crippen LogP contribution in [-0.4, -0.2) is 11.5 Å². The predicted octanol–water partition coefficient (Wildman–Crippen LogP) is 2.80. The summed E-state index contributed by atoms with van der Waals surface area (Å²) >= 11 is 1.65. The molecule has 14 heavy (non-hydrogen) atoms. The van der Waals surface area contributed by atoms with Crippen LogP contribution in [0.25, 0.3) is 0 Å². The Labute approximate surface area is 87.6 Å². The number of nitrogens with one attached hydrogen (secondary N) is 1. The molecule has 0 aliphatic rings. The molecule has 0 unspecified atom stereocenters. The predicted molar refractivity (Wildman–Crippen MR) is 60.7 cm³/mol. The number of rotatable bonds is 4. The van der Waals surface area contributed by atoms with Crippen LogP contribution >= 0.6 is 11.3 Å². The zero-order chi connectivity index (χ0) is 9.64. The van der Waals surface area contributed by atoms with Gasteiger partial charge in [-0.25, -0.2) is 4.98 Å². The van der Waals surface area contributed by atoms with Gasteiger partial charge in [-0.3, -0.25) is 0 Å². The van der Waals surface area contributed by atoms with Crippen molar-refractivity contribution in [3.63, 3.8) is 0 Å². The van der Waals surface area contributed by atoms with Crippen molar-refractivity contribution in [1.29, 1.82) is 0 Å². The molecule has 0 spiro atoms. The van der Waals surface area contributed by atoms with Crippen LogP contribution < -0.4 is 5.32 Å². The van der Waals surface area contributed by atoms with E-state index in [0.717, 1.165) is 13.0 Å². The lowest BCUT2D eigenvalue weighted by atomic mass is 10.3. The van der Waals surface area contributed by atoms with Crippen LogP contribution in [0.3, 0.4) is 0 Å². The second-order valence-corrected chi connectivity index (χ2v) is 3.74. The Bertz CT molecular complexity index is 356. The highest BCUT2D eigenvalue weighted by Crippen LogP contribution is 2.06. The molecule has 0 radical (unpaired) electrons. The summed E-state index contributed by atoms with van der Waals surface area (Å²) in [6, 6.07) is 10.2. The summed E-state index contributed by atoms with van der Waals surface area (Å²) in [4.78, 5) is 4.23. The second-order valence-electron chi connectivity index (χ2n) is 3.02. The van der Waals surface area contributed by atoms with Gasteiger partial charge in [0.25, 0.3) is 0 Å². The Kier molecular flexibility index (Phi) is 3.14. The van der Waals surface area contributed by atoms with Gasteiger partial charge in [-0.15, -0.1) is 11.3 Å². The van der Waals surface area contributed by atoms with E-state index in [0.29, 0.717) is 0 Å². The van der Waals surface area contributed by atoms with Gasteiger partial charge in [-0.1, -0.05) is 18.2 Å². The summed E-state index contributed by atoms with van der Waals surface area (Å²) in [5.74, 6) is 0. The Balaban J connectivity index is 1.79. The topological polar surface area (TPSA) is 24.9 Å². The molecule has 0 saturated carbocycles. The first-order chi connectivity index (χ1) is 6.95. The van der Waals surface area contributed by atoms with Crippen LogP contribution in [-0.2, 0) is 6.42 Å². The molecular weight excluding hydrogens is 192 g/mol. The molecule has 0 atom stereocenters. The van der Waals surface area contributed by atoms with Gasteiger partial charge < -0.3 is 5.32 Å². The average Bonchev–Trinajstić information content (AvgIpc) is 2.72. The third-order valence-electron chi connectivity index (χ3n) is 1.97. The summed E-state index contributed by atoms with van der Waals surface area (Å²) < 4.78 is 0. The number of hydrogen-bond acceptors (Lipinski definition) is 3. The molecule has 1 aromatic carbocycles. The fourth-order valence-electron chi connectivity index (χ4n) is 1.25. The number of para-hydroxylation sites is 1. The quantitative estimate of drug-likeness (QED) is 0.828. The minimum Gasteiger partial charge on any atom is -0.385 e. The largest absolute Gasteiger partial charge is 0.385 e. The van der Waals surface area contributed by atoms with Gasteiger partial charge >= 0.3 is 0 Å². The zero-order valence-electron chi connectivity index (χ0n) is 7.81. The molecule has 1 N–H and O–H groups in total. The molecule has 0 bridgehead atoms. The van der Waals surface area contributed by atoms with Crippen molar-refractivity contribution in [2.45, 2.75) is 6.42 Å². The zero-order valence-corrected chi connectivity index (χ0v) is 8.63. The fraction of sp³-hybridized carbons (Fsp3) is 0.182. The van der Waals surface area contributed by atoms with Crippen LogP contribution in [0.5, 0.6) is 0 Å². The number of anilines is 1. The van der Waals surface area contributed by atoms with Crippen LogP contribution in [0.1, 0.15) is 5.69 Å². The van der Waals surface area contributed by atoms with Crippen molar-refractivity contribution >= 4 is 17.0 Å². The van der Waals surface area contributed by atoms with E-state index in [1.54, 1.807) is 11.3 Å². The van der Waals surface area contributed by atoms with Gasteiger partial charge in [0.2, 0.25) is 0 Å². The number of benzene rings is 1. The first-order valence-electron chi connectivity index (χ1n) is 4.61. The summed E-state index contributed by atoms with van der Waals surface area (Å²) in [5.41, 5.74) is 4.21. The van der Waals surface area contributed by atoms with E-state index < -0.39 is 0 Å². The highest BCUT2D eigenvalue weighted by atomic mass is 32.1. The molecule has 1 aromatic heterocycles. The van der Waals surface area contributed by atoms with Gasteiger partial charge in [-0.2, -0.15) is 0 Å². The summed E-state index contributed by atoms with van der Waals surface area (Å²) in [6.07, 6.45) is 0.985. The van der Waals surface area contributed by atoms with E-state index in [1.807, 2.05) is 23.7 Å². The maximum Gasteiger partial charge on any atom is 0.0794 e. The Morgan fingerprint density at radius 1 is 1.21 bits per heavy atom. The molecule has 72 valence electrons. The molecule has 0 amide bonds. The van der Waals surface area contributed by atoms with Gasteiger partial charge in [0.1, 0.15) is 0 Å². The normalized spacial score (nSPS) is 10.0. The minimum atomic E-state index is 0.938. The van der Waals surface area contributed by atoms with Gasteiger partial charge in [-0.05, 0) is 12.1 Å². The monoisotopic (exact) mass is 204 g/mol. The smallest absolute Gasteiger partial charge is 0.0794 e. The highest BCUT2D eigenvalue weighted by Gasteiger charge is 1.94. The standard InChI is InChI=1S/C11H12N2S/c1-2-4-10(5-3-1)12-7-6-11-8-14-9-13-11/h1-5,8-9,12H,6-7H2. The van der Waals surface area contributed by atoms with E-state index in [2.05, 4.69) is 27.8 Å². The van der Waals surface area contributed by atoms with Gasteiger partial charge in [0.15, 0.2) is 0 Å². The molecule has 0 aliphatic heterocycles. The average molecular weight is 204 g/mol. The lowest BCUT2D eigenvalue weighted by molar-refractivity contribution is 0.977. The molecular formula is C11H12N2S. The maximum atomic E-state index is 4.23. The molecule has 3 heteroatoms. The van der Waals surface area contributed by atoms with Crippen molar-refractivity contribution < 1.29 is 0 Å². The number of aromatic nitrogens is 1. The Hall–Kier alpha value is -1.35. The third kappa shape index (κ3) is 2.57. The number of thiazole rings is 1. The molecule has 1 heterocycles. The third-order valence-corrected chi connectivity index (χ3v) is 2.60. The highest BCUT2D eigenvalue weighted by molar-refractivity contribution is 7.07. The van der Waals surface area contributed by atoms with Crippen LogP contribution in [0.4, 0.5) is 5.69 Å². The molecule has 0 aliphatic carbocycles. The van der Waals surface area contributed by atoms with Gasteiger partial charge in [0, 0.05) is 24.0 Å². The SMILES string of the molecule is c1ccc(NCCc2cscn2)cc1. The van der Waals surface area contributed by atoms with Crippen molar-refractivity contribution in [3.05, 3.63) is 46.9 Å². The molecule has 2 nitrogen and oxygen atoms in total. The van der Waals surface area contributed by atoms with Crippen LogP contribution in [0, 0.1) is 0 Å². The van der Waals surface area contributed by atoms with Crippen LogP contribution in [0.2, 0.25) is 0 Å². The summed E-state index contributed by atoms with van der Waals surface area (Å²) in [7, 11) is 0. The summed E-state index contributed by atoms with van der Waals surface area (Å²) in [5, 5.41) is 5.44. The summed E-state index contributed by atoms with van der Waals surface area (Å²) in [6.45, 7) is 0.938. The molecule has 0 saturated heterocycles. The molecule has 0 fully saturated rings. The lowest BCUT2D eigenvalue weighted by Gasteiger charge is -2.03. The second kappa shape index (κ2) is 4.77. The van der Waals surface area contributed by atoms with E-state index in [-0.39, 0.29) is 0 Å². The van der Waals surface area contributed by atoms with Gasteiger partial charge in [0.05, 0.1) is 11.2 Å². The van der Waals surface area contributed by atoms with Crippen LogP contribution in [0.15, 0.2) is 41.2 Å². The maximum absolute atomic E-state index is 4.23. The Morgan fingerprint density at radius 2 is 2.07 bits per heavy atom. The first kappa shape index (κ1) is 9.21. The molecule has 2 rings (SSSR count). The van der Waals surface area contributed by atoms with E-state index in [9.17, 15) is 0 Å².